The van der Waals surface area contributed by atoms with E-state index in [4.69, 9.17) is 0 Å². The maximum absolute atomic E-state index is 11.2. The molecule has 0 aliphatic heterocycles. The van der Waals surface area contributed by atoms with E-state index in [1.807, 2.05) is 29.5 Å². The molecule has 18 heavy (non-hydrogen) atoms. The van der Waals surface area contributed by atoms with E-state index in [-0.39, 0.29) is 9.70 Å². The SMILES string of the molecule is CCCC(=O)NCCCCCCCCCC(=O)I. The van der Waals surface area contributed by atoms with Gasteiger partial charge in [-0.25, -0.2) is 0 Å². The van der Waals surface area contributed by atoms with Gasteiger partial charge < -0.3 is 5.32 Å². The van der Waals surface area contributed by atoms with Crippen LogP contribution in [0.4, 0.5) is 0 Å². The summed E-state index contributed by atoms with van der Waals surface area (Å²) in [5.41, 5.74) is 0. The number of carbonyl (C=O) groups is 2. The van der Waals surface area contributed by atoms with Crippen LogP contribution in [-0.4, -0.2) is 16.2 Å². The fourth-order valence-corrected chi connectivity index (χ4v) is 2.20. The normalized spacial score (nSPS) is 10.3. The Morgan fingerprint density at radius 2 is 1.44 bits per heavy atom. The van der Waals surface area contributed by atoms with Gasteiger partial charge in [-0.3, -0.25) is 9.59 Å². The van der Waals surface area contributed by atoms with Gasteiger partial charge in [-0.1, -0.05) is 39.0 Å². The molecular formula is C14H26INO2. The van der Waals surface area contributed by atoms with Crippen LogP contribution in [0, 0.1) is 0 Å². The van der Waals surface area contributed by atoms with Gasteiger partial charge in [0.2, 0.25) is 5.91 Å². The topological polar surface area (TPSA) is 46.2 Å². The molecule has 0 rings (SSSR count). The maximum atomic E-state index is 11.2. The van der Waals surface area contributed by atoms with Crippen molar-refractivity contribution < 1.29 is 9.59 Å². The van der Waals surface area contributed by atoms with Crippen molar-refractivity contribution in [2.24, 2.45) is 0 Å². The molecule has 4 heteroatoms. The highest BCUT2D eigenvalue weighted by atomic mass is 127. The van der Waals surface area contributed by atoms with E-state index in [0.29, 0.717) is 6.42 Å². The Labute approximate surface area is 125 Å². The van der Waals surface area contributed by atoms with Crippen molar-refractivity contribution in [1.29, 1.82) is 0 Å². The van der Waals surface area contributed by atoms with Crippen LogP contribution < -0.4 is 5.32 Å². The number of nitrogens with one attached hydrogen (secondary N) is 1. The molecule has 0 heterocycles. The van der Waals surface area contributed by atoms with Gasteiger partial charge in [-0.2, -0.15) is 0 Å². The van der Waals surface area contributed by atoms with Crippen LogP contribution in [0.25, 0.3) is 0 Å². The molecule has 1 N–H and O–H groups in total. The van der Waals surface area contributed by atoms with Gasteiger partial charge in [0.15, 0.2) is 3.79 Å². The van der Waals surface area contributed by atoms with Crippen molar-refractivity contribution in [3.05, 3.63) is 0 Å². The van der Waals surface area contributed by atoms with Gasteiger partial charge in [0.1, 0.15) is 0 Å². The van der Waals surface area contributed by atoms with Crippen molar-refractivity contribution in [2.75, 3.05) is 6.54 Å². The van der Waals surface area contributed by atoms with E-state index in [2.05, 4.69) is 5.32 Å². The van der Waals surface area contributed by atoms with E-state index in [1.165, 1.54) is 32.1 Å². The minimum Gasteiger partial charge on any atom is -0.356 e. The third-order valence-corrected chi connectivity index (χ3v) is 3.39. The van der Waals surface area contributed by atoms with Gasteiger partial charge in [0, 0.05) is 19.4 Å². The standard InChI is InChI=1S/C14H26INO2/c1-2-10-14(18)16-12-9-7-5-3-4-6-8-11-13(15)17/h2-12H2,1H3,(H,16,18). The molecule has 0 unspecified atom stereocenters. The van der Waals surface area contributed by atoms with Crippen LogP contribution in [0.3, 0.4) is 0 Å². The predicted octanol–water partition coefficient (Wildman–Crippen LogP) is 3.99. The molecule has 0 aliphatic rings. The lowest BCUT2D eigenvalue weighted by Crippen LogP contribution is -2.23. The lowest BCUT2D eigenvalue weighted by atomic mass is 10.1. The smallest absolute Gasteiger partial charge is 0.219 e. The molecule has 0 radical (unpaired) electrons. The van der Waals surface area contributed by atoms with Crippen molar-refractivity contribution in [3.63, 3.8) is 0 Å². The Morgan fingerprint density at radius 1 is 0.889 bits per heavy atom. The average molecular weight is 367 g/mol. The summed E-state index contributed by atoms with van der Waals surface area (Å²) in [6.45, 7) is 2.84. The molecule has 3 nitrogen and oxygen atoms in total. The lowest BCUT2D eigenvalue weighted by molar-refractivity contribution is -0.121. The number of hydrogen-bond donors (Lipinski definition) is 1. The van der Waals surface area contributed by atoms with Crippen molar-refractivity contribution in [1.82, 2.24) is 5.32 Å². The van der Waals surface area contributed by atoms with E-state index >= 15 is 0 Å². The third kappa shape index (κ3) is 13.9. The second-order valence-corrected chi connectivity index (χ2v) is 5.88. The molecule has 0 fully saturated rings. The second kappa shape index (κ2) is 13.3. The Hall–Kier alpha value is -0.130. The first kappa shape index (κ1) is 17.9. The van der Waals surface area contributed by atoms with E-state index in [0.717, 1.165) is 32.2 Å². The zero-order valence-corrected chi connectivity index (χ0v) is 13.6. The largest absolute Gasteiger partial charge is 0.356 e. The highest BCUT2D eigenvalue weighted by Gasteiger charge is 1.98. The summed E-state index contributed by atoms with van der Waals surface area (Å²) in [6, 6.07) is 0. The van der Waals surface area contributed by atoms with Gasteiger partial charge in [0.25, 0.3) is 0 Å². The summed E-state index contributed by atoms with van der Waals surface area (Å²) < 4.78 is 0.274. The van der Waals surface area contributed by atoms with Crippen LogP contribution >= 0.6 is 22.6 Å². The summed E-state index contributed by atoms with van der Waals surface area (Å²) in [5, 5.41) is 2.93. The Bertz CT molecular complexity index is 232. The molecule has 0 atom stereocenters. The van der Waals surface area contributed by atoms with E-state index < -0.39 is 0 Å². The van der Waals surface area contributed by atoms with Crippen LogP contribution in [0.15, 0.2) is 0 Å². The van der Waals surface area contributed by atoms with Gasteiger partial charge in [-0.05, 0) is 41.9 Å². The van der Waals surface area contributed by atoms with Crippen LogP contribution in [0.2, 0.25) is 0 Å². The second-order valence-electron chi connectivity index (χ2n) is 4.68. The molecule has 0 bridgehead atoms. The molecule has 106 valence electrons. The highest BCUT2D eigenvalue weighted by Crippen LogP contribution is 2.09. The monoisotopic (exact) mass is 367 g/mol. The van der Waals surface area contributed by atoms with Crippen molar-refractivity contribution in [3.8, 4) is 0 Å². The Morgan fingerprint density at radius 3 is 2.00 bits per heavy atom. The van der Waals surface area contributed by atoms with Crippen LogP contribution in [-0.2, 0) is 9.59 Å². The number of unbranched alkanes of at least 4 members (excludes halogenated alkanes) is 6. The molecule has 0 saturated carbocycles. The molecule has 0 aromatic heterocycles. The molecule has 0 aliphatic carbocycles. The van der Waals surface area contributed by atoms with Crippen LogP contribution in [0.1, 0.15) is 71.1 Å². The summed E-state index contributed by atoms with van der Waals surface area (Å²) in [7, 11) is 0. The molecule has 0 saturated heterocycles. The van der Waals surface area contributed by atoms with Gasteiger partial charge in [0.05, 0.1) is 0 Å². The number of halogens is 1. The van der Waals surface area contributed by atoms with Crippen LogP contribution in [0.5, 0.6) is 0 Å². The van der Waals surface area contributed by atoms with Gasteiger partial charge >= 0.3 is 0 Å². The van der Waals surface area contributed by atoms with E-state index in [1.54, 1.807) is 0 Å². The quantitative estimate of drug-likeness (QED) is 0.322. The average Bonchev–Trinajstić information content (AvgIpc) is 2.31. The fourth-order valence-electron chi connectivity index (χ4n) is 1.82. The zero-order valence-electron chi connectivity index (χ0n) is 11.5. The minimum atomic E-state index is 0.181. The van der Waals surface area contributed by atoms with Gasteiger partial charge in [-0.15, -0.1) is 0 Å². The number of amides is 1. The summed E-state index contributed by atoms with van der Waals surface area (Å²) >= 11 is 1.86. The van der Waals surface area contributed by atoms with Crippen molar-refractivity contribution in [2.45, 2.75) is 71.1 Å². The molecule has 0 aromatic carbocycles. The summed E-state index contributed by atoms with van der Waals surface area (Å²) in [5.74, 6) is 0.181. The molecular weight excluding hydrogens is 341 g/mol. The minimum absolute atomic E-state index is 0.181. The molecule has 0 spiro atoms. The van der Waals surface area contributed by atoms with Crippen molar-refractivity contribution >= 4 is 32.3 Å². The van der Waals surface area contributed by atoms with E-state index in [9.17, 15) is 9.59 Å². The first-order chi connectivity index (χ1) is 8.66. The molecule has 0 aromatic rings. The highest BCUT2D eigenvalue weighted by molar-refractivity contribution is 14.1. The number of rotatable bonds is 12. The predicted molar refractivity (Wildman–Crippen MR) is 83.9 cm³/mol. The number of carbonyl (C=O) groups excluding carboxylic acids is 2. The number of hydrogen-bond acceptors (Lipinski definition) is 2. The Balaban J connectivity index is 3.07. The summed E-state index contributed by atoms with van der Waals surface area (Å²) in [4.78, 5) is 21.9. The fraction of sp³-hybridized carbons (Fsp3) is 0.857. The first-order valence-corrected chi connectivity index (χ1v) is 8.19. The maximum Gasteiger partial charge on any atom is 0.219 e. The molecule has 1 amide bonds. The summed E-state index contributed by atoms with van der Waals surface area (Å²) in [6.07, 6.45) is 10.5. The Kier molecular flexibility index (Phi) is 13.2. The zero-order chi connectivity index (χ0) is 13.6. The lowest BCUT2D eigenvalue weighted by Gasteiger charge is -2.04. The third-order valence-electron chi connectivity index (χ3n) is 2.85. The first-order valence-electron chi connectivity index (χ1n) is 7.11.